The van der Waals surface area contributed by atoms with E-state index in [-0.39, 0.29) is 4.90 Å². The minimum atomic E-state index is -3.78. The van der Waals surface area contributed by atoms with Crippen LogP contribution in [-0.2, 0) is 14.8 Å². The molecule has 5 nitrogen and oxygen atoms in total. The van der Waals surface area contributed by atoms with Crippen molar-refractivity contribution >= 4 is 26.8 Å². The number of fused-ring (bicyclic) bond motifs is 1. The van der Waals surface area contributed by atoms with E-state index in [0.717, 1.165) is 5.39 Å². The number of sulfonamides is 1. The second-order valence-corrected chi connectivity index (χ2v) is 6.70. The van der Waals surface area contributed by atoms with Crippen molar-refractivity contribution in [3.8, 4) is 0 Å². The van der Waals surface area contributed by atoms with E-state index in [0.29, 0.717) is 5.39 Å². The van der Waals surface area contributed by atoms with Crippen LogP contribution in [0, 0.1) is 5.92 Å². The van der Waals surface area contributed by atoms with E-state index in [1.807, 2.05) is 18.2 Å². The summed E-state index contributed by atoms with van der Waals surface area (Å²) >= 11 is 0. The number of carboxylic acid groups (broad SMARTS) is 1. The molecular formula is C15H17NO4S. The highest BCUT2D eigenvalue weighted by molar-refractivity contribution is 7.89. The fourth-order valence-corrected chi connectivity index (χ4v) is 3.61. The topological polar surface area (TPSA) is 83.5 Å². The van der Waals surface area contributed by atoms with E-state index in [2.05, 4.69) is 4.72 Å². The molecule has 2 rings (SSSR count). The Hall–Kier alpha value is -1.92. The molecule has 0 heterocycles. The Morgan fingerprint density at radius 1 is 1.10 bits per heavy atom. The number of aliphatic carboxylic acids is 1. The lowest BCUT2D eigenvalue weighted by Crippen LogP contribution is -2.40. The number of benzene rings is 2. The Morgan fingerprint density at radius 3 is 2.38 bits per heavy atom. The largest absolute Gasteiger partial charge is 0.481 e. The Balaban J connectivity index is 2.41. The molecule has 0 aliphatic heterocycles. The molecule has 2 N–H and O–H groups in total. The second-order valence-electron chi connectivity index (χ2n) is 5.01. The zero-order chi connectivity index (χ0) is 15.6. The molecule has 0 spiro atoms. The lowest BCUT2D eigenvalue weighted by atomic mass is 10.1. The molecule has 0 radical (unpaired) electrons. The number of hydrogen-bond acceptors (Lipinski definition) is 3. The Kier molecular flexibility index (Phi) is 4.29. The molecule has 6 heteroatoms. The average molecular weight is 307 g/mol. The van der Waals surface area contributed by atoms with E-state index in [1.54, 1.807) is 25.1 Å². The van der Waals surface area contributed by atoms with Crippen LogP contribution in [0.3, 0.4) is 0 Å². The third kappa shape index (κ3) is 3.22. The van der Waals surface area contributed by atoms with Crippen LogP contribution in [0.2, 0.25) is 0 Å². The number of rotatable bonds is 5. The first-order valence-electron chi connectivity index (χ1n) is 6.56. The summed E-state index contributed by atoms with van der Waals surface area (Å²) in [6, 6.07) is 11.5. The van der Waals surface area contributed by atoms with Crippen molar-refractivity contribution in [1.82, 2.24) is 4.72 Å². The summed E-state index contributed by atoms with van der Waals surface area (Å²) < 4.78 is 27.4. The van der Waals surface area contributed by atoms with E-state index in [4.69, 9.17) is 5.11 Å². The van der Waals surface area contributed by atoms with Crippen LogP contribution >= 0.6 is 0 Å². The van der Waals surface area contributed by atoms with Gasteiger partial charge in [-0.25, -0.2) is 13.1 Å². The van der Waals surface area contributed by atoms with Crippen LogP contribution in [0.5, 0.6) is 0 Å². The fourth-order valence-electron chi connectivity index (χ4n) is 2.05. The minimum Gasteiger partial charge on any atom is -0.481 e. The molecule has 0 fully saturated rings. The number of carboxylic acids is 1. The zero-order valence-electron chi connectivity index (χ0n) is 11.8. The summed E-state index contributed by atoms with van der Waals surface area (Å²) in [6.07, 6.45) is 0. The van der Waals surface area contributed by atoms with Crippen molar-refractivity contribution in [3.63, 3.8) is 0 Å². The van der Waals surface area contributed by atoms with Gasteiger partial charge in [0.25, 0.3) is 0 Å². The maximum Gasteiger partial charge on any atom is 0.307 e. The molecular weight excluding hydrogens is 290 g/mol. The van der Waals surface area contributed by atoms with Gasteiger partial charge in [-0.3, -0.25) is 4.79 Å². The number of carbonyl (C=O) groups is 1. The van der Waals surface area contributed by atoms with Gasteiger partial charge >= 0.3 is 5.97 Å². The predicted molar refractivity (Wildman–Crippen MR) is 80.5 cm³/mol. The van der Waals surface area contributed by atoms with Crippen LogP contribution in [0.25, 0.3) is 10.8 Å². The van der Waals surface area contributed by atoms with Crippen molar-refractivity contribution in [2.45, 2.75) is 24.8 Å². The first kappa shape index (κ1) is 15.5. The second kappa shape index (κ2) is 5.83. The maximum absolute atomic E-state index is 12.5. The summed E-state index contributed by atoms with van der Waals surface area (Å²) in [6.45, 7) is 3.01. The summed E-state index contributed by atoms with van der Waals surface area (Å²) in [4.78, 5) is 11.1. The maximum atomic E-state index is 12.5. The van der Waals surface area contributed by atoms with Gasteiger partial charge in [-0.1, -0.05) is 43.3 Å². The summed E-state index contributed by atoms with van der Waals surface area (Å²) in [5, 5.41) is 10.4. The molecule has 0 bridgehead atoms. The third-order valence-corrected chi connectivity index (χ3v) is 5.14. The molecule has 0 aromatic heterocycles. The molecule has 2 unspecified atom stereocenters. The minimum absolute atomic E-state index is 0.157. The average Bonchev–Trinajstić information content (AvgIpc) is 2.45. The molecule has 2 aromatic carbocycles. The third-order valence-electron chi connectivity index (χ3n) is 3.52. The monoisotopic (exact) mass is 307 g/mol. The van der Waals surface area contributed by atoms with Gasteiger partial charge in [-0.05, 0) is 18.4 Å². The highest BCUT2D eigenvalue weighted by atomic mass is 32.2. The lowest BCUT2D eigenvalue weighted by molar-refractivity contribution is -0.141. The van der Waals surface area contributed by atoms with Crippen molar-refractivity contribution in [3.05, 3.63) is 42.5 Å². The number of hydrogen-bond donors (Lipinski definition) is 2. The van der Waals surface area contributed by atoms with E-state index >= 15 is 0 Å². The van der Waals surface area contributed by atoms with Crippen molar-refractivity contribution in [1.29, 1.82) is 0 Å². The Bertz CT molecular complexity index is 765. The summed E-state index contributed by atoms with van der Waals surface area (Å²) in [5.41, 5.74) is 0. The first-order valence-corrected chi connectivity index (χ1v) is 8.04. The van der Waals surface area contributed by atoms with Gasteiger partial charge in [0.2, 0.25) is 10.0 Å². The first-order chi connectivity index (χ1) is 9.83. The molecule has 0 saturated carbocycles. The molecule has 21 heavy (non-hydrogen) atoms. The van der Waals surface area contributed by atoms with Gasteiger partial charge in [0.05, 0.1) is 10.8 Å². The van der Waals surface area contributed by atoms with E-state index in [1.165, 1.54) is 13.0 Å². The molecule has 0 saturated heterocycles. The van der Waals surface area contributed by atoms with E-state index < -0.39 is 28.0 Å². The van der Waals surface area contributed by atoms with Crippen LogP contribution in [0.15, 0.2) is 47.4 Å². The van der Waals surface area contributed by atoms with Gasteiger partial charge in [0, 0.05) is 11.4 Å². The highest BCUT2D eigenvalue weighted by Crippen LogP contribution is 2.23. The van der Waals surface area contributed by atoms with Gasteiger partial charge in [0.15, 0.2) is 0 Å². The van der Waals surface area contributed by atoms with Crippen molar-refractivity contribution < 1.29 is 18.3 Å². The van der Waals surface area contributed by atoms with Crippen molar-refractivity contribution in [2.75, 3.05) is 0 Å². The quantitative estimate of drug-likeness (QED) is 0.887. The standard InChI is InChI=1S/C15H17NO4S/c1-10(15(17)18)11(2)16-21(19,20)14-9-5-7-12-6-3-4-8-13(12)14/h3-11,16H,1-2H3,(H,17,18). The zero-order valence-corrected chi connectivity index (χ0v) is 12.6. The number of nitrogens with one attached hydrogen (secondary N) is 1. The van der Waals surface area contributed by atoms with Gasteiger partial charge in [-0.15, -0.1) is 0 Å². The Labute approximate surface area is 123 Å². The Morgan fingerprint density at radius 2 is 1.71 bits per heavy atom. The molecule has 0 aliphatic carbocycles. The smallest absolute Gasteiger partial charge is 0.307 e. The van der Waals surface area contributed by atoms with Crippen LogP contribution < -0.4 is 4.72 Å². The van der Waals surface area contributed by atoms with Gasteiger partial charge in [-0.2, -0.15) is 0 Å². The predicted octanol–water partition coefficient (Wildman–Crippen LogP) is 2.23. The van der Waals surface area contributed by atoms with Crippen molar-refractivity contribution in [2.24, 2.45) is 5.92 Å². The molecule has 2 aromatic rings. The molecule has 0 amide bonds. The van der Waals surface area contributed by atoms with Gasteiger partial charge in [0.1, 0.15) is 0 Å². The van der Waals surface area contributed by atoms with Gasteiger partial charge < -0.3 is 5.11 Å². The molecule has 112 valence electrons. The van der Waals surface area contributed by atoms with Crippen LogP contribution in [0.4, 0.5) is 0 Å². The SMILES string of the molecule is CC(NS(=O)(=O)c1cccc2ccccc12)C(C)C(=O)O. The lowest BCUT2D eigenvalue weighted by Gasteiger charge is -2.18. The van der Waals surface area contributed by atoms with Crippen LogP contribution in [-0.4, -0.2) is 25.5 Å². The fraction of sp³-hybridized carbons (Fsp3) is 0.267. The highest BCUT2D eigenvalue weighted by Gasteiger charge is 2.26. The molecule has 0 aliphatic rings. The van der Waals surface area contributed by atoms with E-state index in [9.17, 15) is 13.2 Å². The molecule has 2 atom stereocenters. The normalized spacial score (nSPS) is 14.8. The summed E-state index contributed by atoms with van der Waals surface area (Å²) in [5.74, 6) is -1.85. The van der Waals surface area contributed by atoms with Crippen LogP contribution in [0.1, 0.15) is 13.8 Å². The summed E-state index contributed by atoms with van der Waals surface area (Å²) in [7, 11) is -3.78.